The van der Waals surface area contributed by atoms with E-state index in [9.17, 15) is 0 Å². The van der Waals surface area contributed by atoms with Gasteiger partial charge in [-0.2, -0.15) is 0 Å². The van der Waals surface area contributed by atoms with Gasteiger partial charge in [-0.25, -0.2) is 0 Å². The lowest BCUT2D eigenvalue weighted by Crippen LogP contribution is -2.65. The standard InChI is InChI=1S/C15H22Cl2N2/c1-14(2)10-19(15(3,4)9-18-14)8-11-5-6-12(16)7-13(11)17/h5-7,18H,8-10H2,1-4H3. The predicted molar refractivity (Wildman–Crippen MR) is 83.0 cm³/mol. The molecule has 1 heterocycles. The van der Waals surface area contributed by atoms with Gasteiger partial charge in [0.25, 0.3) is 0 Å². The number of benzene rings is 1. The van der Waals surface area contributed by atoms with Gasteiger partial charge in [0, 0.05) is 40.8 Å². The second-order valence-electron chi connectivity index (χ2n) is 6.64. The molecule has 0 bridgehead atoms. The van der Waals surface area contributed by atoms with Gasteiger partial charge in [-0.1, -0.05) is 29.3 Å². The summed E-state index contributed by atoms with van der Waals surface area (Å²) in [7, 11) is 0. The molecular formula is C15H22Cl2N2. The Kier molecular flexibility index (Phi) is 4.18. The highest BCUT2D eigenvalue weighted by Crippen LogP contribution is 2.28. The van der Waals surface area contributed by atoms with E-state index in [2.05, 4.69) is 37.9 Å². The van der Waals surface area contributed by atoms with E-state index in [-0.39, 0.29) is 11.1 Å². The summed E-state index contributed by atoms with van der Waals surface area (Å²) in [5.74, 6) is 0. The first-order valence-electron chi connectivity index (χ1n) is 6.64. The van der Waals surface area contributed by atoms with Crippen molar-refractivity contribution in [2.24, 2.45) is 0 Å². The maximum absolute atomic E-state index is 6.29. The van der Waals surface area contributed by atoms with E-state index < -0.39 is 0 Å². The van der Waals surface area contributed by atoms with E-state index >= 15 is 0 Å². The van der Waals surface area contributed by atoms with Crippen molar-refractivity contribution < 1.29 is 0 Å². The largest absolute Gasteiger partial charge is 0.309 e. The molecule has 0 radical (unpaired) electrons. The maximum Gasteiger partial charge on any atom is 0.0465 e. The van der Waals surface area contributed by atoms with Crippen LogP contribution in [0.5, 0.6) is 0 Å². The topological polar surface area (TPSA) is 15.3 Å². The summed E-state index contributed by atoms with van der Waals surface area (Å²) in [5.41, 5.74) is 1.39. The second-order valence-corrected chi connectivity index (χ2v) is 7.49. The van der Waals surface area contributed by atoms with Crippen molar-refractivity contribution in [3.8, 4) is 0 Å². The molecule has 0 amide bonds. The smallest absolute Gasteiger partial charge is 0.0465 e. The first-order valence-corrected chi connectivity index (χ1v) is 7.39. The lowest BCUT2D eigenvalue weighted by molar-refractivity contribution is 0.0324. The molecule has 1 aromatic rings. The van der Waals surface area contributed by atoms with Gasteiger partial charge >= 0.3 is 0 Å². The minimum absolute atomic E-state index is 0.123. The van der Waals surface area contributed by atoms with Gasteiger partial charge in [0.2, 0.25) is 0 Å². The van der Waals surface area contributed by atoms with Crippen LogP contribution in [0.15, 0.2) is 18.2 Å². The molecule has 0 aromatic heterocycles. The second kappa shape index (κ2) is 5.25. The summed E-state index contributed by atoms with van der Waals surface area (Å²) in [4.78, 5) is 2.48. The zero-order valence-electron chi connectivity index (χ0n) is 12.1. The Morgan fingerprint density at radius 3 is 2.53 bits per heavy atom. The van der Waals surface area contributed by atoms with Crippen LogP contribution in [0.2, 0.25) is 10.0 Å². The van der Waals surface area contributed by atoms with Crippen molar-refractivity contribution in [1.82, 2.24) is 10.2 Å². The Morgan fingerprint density at radius 2 is 1.89 bits per heavy atom. The van der Waals surface area contributed by atoms with Gasteiger partial charge in [0.1, 0.15) is 0 Å². The number of rotatable bonds is 2. The fourth-order valence-corrected chi connectivity index (χ4v) is 2.91. The molecular weight excluding hydrogens is 279 g/mol. The van der Waals surface area contributed by atoms with E-state index in [0.29, 0.717) is 5.02 Å². The molecule has 0 saturated carbocycles. The molecule has 1 aliphatic heterocycles. The lowest BCUT2D eigenvalue weighted by Gasteiger charge is -2.49. The molecule has 1 aliphatic rings. The zero-order chi connectivity index (χ0) is 14.3. The fourth-order valence-electron chi connectivity index (χ4n) is 2.44. The molecule has 106 valence electrons. The Balaban J connectivity index is 2.20. The third-order valence-electron chi connectivity index (χ3n) is 3.82. The van der Waals surface area contributed by atoms with E-state index in [1.165, 1.54) is 0 Å². The molecule has 1 N–H and O–H groups in total. The molecule has 4 heteroatoms. The summed E-state index contributed by atoms with van der Waals surface area (Å²) in [6, 6.07) is 5.75. The van der Waals surface area contributed by atoms with Crippen LogP contribution in [0.3, 0.4) is 0 Å². The molecule has 1 saturated heterocycles. The quantitative estimate of drug-likeness (QED) is 0.889. The number of piperazine rings is 1. The highest BCUT2D eigenvalue weighted by Gasteiger charge is 2.37. The van der Waals surface area contributed by atoms with Crippen LogP contribution < -0.4 is 5.32 Å². The van der Waals surface area contributed by atoms with Crippen molar-refractivity contribution in [2.45, 2.75) is 45.3 Å². The Labute approximate surface area is 126 Å². The van der Waals surface area contributed by atoms with Crippen LogP contribution in [0, 0.1) is 0 Å². The van der Waals surface area contributed by atoms with Crippen molar-refractivity contribution in [2.75, 3.05) is 13.1 Å². The average molecular weight is 301 g/mol. The number of nitrogens with zero attached hydrogens (tertiary/aromatic N) is 1. The molecule has 0 aliphatic carbocycles. The Morgan fingerprint density at radius 1 is 1.21 bits per heavy atom. The number of hydrogen-bond acceptors (Lipinski definition) is 2. The zero-order valence-corrected chi connectivity index (χ0v) is 13.6. The van der Waals surface area contributed by atoms with E-state index in [4.69, 9.17) is 23.2 Å². The first-order chi connectivity index (χ1) is 8.70. The van der Waals surface area contributed by atoms with E-state index in [1.54, 1.807) is 0 Å². The summed E-state index contributed by atoms with van der Waals surface area (Å²) < 4.78 is 0. The van der Waals surface area contributed by atoms with Crippen LogP contribution in [-0.4, -0.2) is 29.1 Å². The molecule has 2 rings (SSSR count). The fraction of sp³-hybridized carbons (Fsp3) is 0.600. The minimum Gasteiger partial charge on any atom is -0.309 e. The summed E-state index contributed by atoms with van der Waals surface area (Å²) in [5, 5.41) is 5.03. The Hall–Kier alpha value is -0.280. The summed E-state index contributed by atoms with van der Waals surface area (Å²) in [6.07, 6.45) is 0. The number of hydrogen-bond donors (Lipinski definition) is 1. The van der Waals surface area contributed by atoms with Gasteiger partial charge in [0.15, 0.2) is 0 Å². The molecule has 0 spiro atoms. The highest BCUT2D eigenvalue weighted by molar-refractivity contribution is 6.35. The number of nitrogens with one attached hydrogen (secondary N) is 1. The van der Waals surface area contributed by atoms with Gasteiger partial charge < -0.3 is 5.32 Å². The molecule has 19 heavy (non-hydrogen) atoms. The minimum atomic E-state index is 0.123. The van der Waals surface area contributed by atoms with Crippen LogP contribution in [0.1, 0.15) is 33.3 Å². The van der Waals surface area contributed by atoms with E-state index in [1.807, 2.05) is 18.2 Å². The van der Waals surface area contributed by atoms with E-state index in [0.717, 1.165) is 30.2 Å². The molecule has 1 aromatic carbocycles. The molecule has 2 nitrogen and oxygen atoms in total. The lowest BCUT2D eigenvalue weighted by atomic mass is 9.91. The maximum atomic E-state index is 6.29. The van der Waals surface area contributed by atoms with Crippen molar-refractivity contribution in [1.29, 1.82) is 0 Å². The summed E-state index contributed by atoms with van der Waals surface area (Å²) >= 11 is 12.2. The van der Waals surface area contributed by atoms with Crippen molar-refractivity contribution in [3.05, 3.63) is 33.8 Å². The van der Waals surface area contributed by atoms with Crippen molar-refractivity contribution in [3.63, 3.8) is 0 Å². The summed E-state index contributed by atoms with van der Waals surface area (Å²) in [6.45, 7) is 11.8. The van der Waals surface area contributed by atoms with Crippen molar-refractivity contribution >= 4 is 23.2 Å². The normalized spacial score (nSPS) is 22.4. The van der Waals surface area contributed by atoms with Crippen LogP contribution >= 0.6 is 23.2 Å². The van der Waals surface area contributed by atoms with Crippen LogP contribution in [-0.2, 0) is 6.54 Å². The van der Waals surface area contributed by atoms with Crippen LogP contribution in [0.4, 0.5) is 0 Å². The molecule has 1 fully saturated rings. The molecule has 0 atom stereocenters. The monoisotopic (exact) mass is 300 g/mol. The predicted octanol–water partition coefficient (Wildman–Crippen LogP) is 3.96. The Bertz CT molecular complexity index is 469. The SMILES string of the molecule is CC1(C)CN(Cc2ccc(Cl)cc2Cl)C(C)(C)CN1. The van der Waals surface area contributed by atoms with Gasteiger partial charge in [-0.05, 0) is 45.4 Å². The highest BCUT2D eigenvalue weighted by atomic mass is 35.5. The third kappa shape index (κ3) is 3.63. The first kappa shape index (κ1) is 15.1. The number of halogens is 2. The third-order valence-corrected chi connectivity index (χ3v) is 4.41. The van der Waals surface area contributed by atoms with Gasteiger partial charge in [0.05, 0.1) is 0 Å². The molecule has 0 unspecified atom stereocenters. The van der Waals surface area contributed by atoms with Gasteiger partial charge in [-0.3, -0.25) is 4.90 Å². The van der Waals surface area contributed by atoms with Gasteiger partial charge in [-0.15, -0.1) is 0 Å². The average Bonchev–Trinajstić information content (AvgIpc) is 2.28. The van der Waals surface area contributed by atoms with Crippen LogP contribution in [0.25, 0.3) is 0 Å².